The van der Waals surface area contributed by atoms with E-state index in [9.17, 15) is 4.79 Å². The number of piperidine rings is 1. The van der Waals surface area contributed by atoms with Gasteiger partial charge in [-0.1, -0.05) is 26.0 Å². The predicted molar refractivity (Wildman–Crippen MR) is 87.6 cm³/mol. The van der Waals surface area contributed by atoms with Crippen LogP contribution in [-0.4, -0.2) is 37.6 Å². The molecule has 1 saturated heterocycles. The quantitative estimate of drug-likeness (QED) is 0.895. The van der Waals surface area contributed by atoms with E-state index in [-0.39, 0.29) is 6.03 Å². The van der Waals surface area contributed by atoms with Crippen LogP contribution in [-0.2, 0) is 6.42 Å². The van der Waals surface area contributed by atoms with E-state index in [1.165, 1.54) is 25.1 Å². The van der Waals surface area contributed by atoms with Crippen LogP contribution in [0.2, 0.25) is 0 Å². The molecule has 0 radical (unpaired) electrons. The summed E-state index contributed by atoms with van der Waals surface area (Å²) in [6.07, 6.45) is 2.38. The molecule has 0 aliphatic carbocycles. The summed E-state index contributed by atoms with van der Waals surface area (Å²) in [5, 5.41) is 5.39. The van der Waals surface area contributed by atoms with E-state index >= 15 is 0 Å². The van der Waals surface area contributed by atoms with E-state index in [1.54, 1.807) is 7.05 Å². The molecule has 0 bridgehead atoms. The summed E-state index contributed by atoms with van der Waals surface area (Å²) in [5.74, 6) is 1.60. The lowest BCUT2D eigenvalue weighted by Crippen LogP contribution is -2.39. The molecular weight excluding hydrogens is 262 g/mol. The zero-order valence-corrected chi connectivity index (χ0v) is 13.4. The van der Waals surface area contributed by atoms with Crippen LogP contribution in [0.15, 0.2) is 24.3 Å². The molecule has 1 aromatic carbocycles. The molecule has 4 heteroatoms. The number of hydrogen-bond donors (Lipinski definition) is 2. The maximum atomic E-state index is 11.3. The van der Waals surface area contributed by atoms with Gasteiger partial charge in [0.05, 0.1) is 0 Å². The van der Waals surface area contributed by atoms with Crippen molar-refractivity contribution in [3.8, 4) is 0 Å². The standard InChI is InChI=1S/C17H27N3O/c1-13-9-14(2)12-20(11-13)8-7-15-5-4-6-16(10-15)19-17(21)18-3/h4-6,10,13-14H,7-9,11-12H2,1-3H3,(H2,18,19,21). The fraction of sp³-hybridized carbons (Fsp3) is 0.588. The highest BCUT2D eigenvalue weighted by molar-refractivity contribution is 5.89. The van der Waals surface area contributed by atoms with Gasteiger partial charge in [-0.15, -0.1) is 0 Å². The number of urea groups is 1. The Morgan fingerprint density at radius 1 is 1.29 bits per heavy atom. The summed E-state index contributed by atoms with van der Waals surface area (Å²) < 4.78 is 0. The molecule has 0 saturated carbocycles. The molecule has 2 unspecified atom stereocenters. The van der Waals surface area contributed by atoms with Crippen LogP contribution in [0, 0.1) is 11.8 Å². The van der Waals surface area contributed by atoms with Gasteiger partial charge in [-0.05, 0) is 42.4 Å². The Hall–Kier alpha value is -1.55. The molecule has 1 aliphatic heterocycles. The molecule has 116 valence electrons. The van der Waals surface area contributed by atoms with Crippen LogP contribution in [0.25, 0.3) is 0 Å². The van der Waals surface area contributed by atoms with Gasteiger partial charge in [-0.3, -0.25) is 0 Å². The van der Waals surface area contributed by atoms with Crippen molar-refractivity contribution in [2.75, 3.05) is 32.0 Å². The van der Waals surface area contributed by atoms with Crippen molar-refractivity contribution in [3.05, 3.63) is 29.8 Å². The van der Waals surface area contributed by atoms with E-state index in [2.05, 4.69) is 41.5 Å². The van der Waals surface area contributed by atoms with Gasteiger partial charge in [0.25, 0.3) is 0 Å². The number of nitrogens with one attached hydrogen (secondary N) is 2. The number of carbonyl (C=O) groups is 1. The zero-order chi connectivity index (χ0) is 15.2. The summed E-state index contributed by atoms with van der Waals surface area (Å²) in [5.41, 5.74) is 2.13. The predicted octanol–water partition coefficient (Wildman–Crippen LogP) is 2.96. The molecule has 1 heterocycles. The first-order valence-corrected chi connectivity index (χ1v) is 7.87. The number of benzene rings is 1. The lowest BCUT2D eigenvalue weighted by Gasteiger charge is -2.35. The van der Waals surface area contributed by atoms with Gasteiger partial charge in [0.15, 0.2) is 0 Å². The molecule has 21 heavy (non-hydrogen) atoms. The number of likely N-dealkylation sites (tertiary alicyclic amines) is 1. The van der Waals surface area contributed by atoms with Crippen molar-refractivity contribution < 1.29 is 4.79 Å². The number of amides is 2. The topological polar surface area (TPSA) is 44.4 Å². The molecule has 1 aliphatic rings. The highest BCUT2D eigenvalue weighted by atomic mass is 16.2. The number of rotatable bonds is 4. The zero-order valence-electron chi connectivity index (χ0n) is 13.4. The van der Waals surface area contributed by atoms with Crippen molar-refractivity contribution in [1.29, 1.82) is 0 Å². The first-order valence-electron chi connectivity index (χ1n) is 7.87. The maximum absolute atomic E-state index is 11.3. The second-order valence-electron chi connectivity index (χ2n) is 6.36. The van der Waals surface area contributed by atoms with E-state index in [1.807, 2.05) is 12.1 Å². The van der Waals surface area contributed by atoms with Crippen LogP contribution >= 0.6 is 0 Å². The van der Waals surface area contributed by atoms with Gasteiger partial charge in [0.2, 0.25) is 0 Å². The molecule has 4 nitrogen and oxygen atoms in total. The van der Waals surface area contributed by atoms with E-state index in [4.69, 9.17) is 0 Å². The highest BCUT2D eigenvalue weighted by Gasteiger charge is 2.21. The molecular formula is C17H27N3O. The Morgan fingerprint density at radius 2 is 2.00 bits per heavy atom. The third-order valence-electron chi connectivity index (χ3n) is 4.07. The van der Waals surface area contributed by atoms with Crippen LogP contribution in [0.4, 0.5) is 10.5 Å². The minimum Gasteiger partial charge on any atom is -0.341 e. The van der Waals surface area contributed by atoms with Crippen molar-refractivity contribution in [2.24, 2.45) is 11.8 Å². The Labute approximate surface area is 127 Å². The molecule has 1 aromatic rings. The molecule has 2 atom stereocenters. The molecule has 2 N–H and O–H groups in total. The van der Waals surface area contributed by atoms with Gasteiger partial charge in [0.1, 0.15) is 0 Å². The number of anilines is 1. The third kappa shape index (κ3) is 5.05. The van der Waals surface area contributed by atoms with Crippen molar-refractivity contribution >= 4 is 11.7 Å². The summed E-state index contributed by atoms with van der Waals surface area (Å²) >= 11 is 0. The monoisotopic (exact) mass is 289 g/mol. The summed E-state index contributed by atoms with van der Waals surface area (Å²) in [6, 6.07) is 7.94. The second kappa shape index (κ2) is 7.46. The average molecular weight is 289 g/mol. The van der Waals surface area contributed by atoms with Gasteiger partial charge in [-0.2, -0.15) is 0 Å². The smallest absolute Gasteiger partial charge is 0.318 e. The highest BCUT2D eigenvalue weighted by Crippen LogP contribution is 2.21. The van der Waals surface area contributed by atoms with Crippen molar-refractivity contribution in [3.63, 3.8) is 0 Å². The number of hydrogen-bond acceptors (Lipinski definition) is 2. The second-order valence-corrected chi connectivity index (χ2v) is 6.36. The van der Waals surface area contributed by atoms with E-state index < -0.39 is 0 Å². The largest absolute Gasteiger partial charge is 0.341 e. The third-order valence-corrected chi connectivity index (χ3v) is 4.07. The first kappa shape index (κ1) is 15.8. The Morgan fingerprint density at radius 3 is 2.67 bits per heavy atom. The van der Waals surface area contributed by atoms with Crippen LogP contribution in [0.5, 0.6) is 0 Å². The fourth-order valence-electron chi connectivity index (χ4n) is 3.26. The minimum atomic E-state index is -0.175. The normalized spacial score (nSPS) is 22.8. The maximum Gasteiger partial charge on any atom is 0.318 e. The Balaban J connectivity index is 1.88. The lowest BCUT2D eigenvalue weighted by molar-refractivity contribution is 0.142. The molecule has 1 fully saturated rings. The van der Waals surface area contributed by atoms with Crippen molar-refractivity contribution in [2.45, 2.75) is 26.7 Å². The molecule has 2 amide bonds. The first-order chi connectivity index (χ1) is 10.1. The van der Waals surface area contributed by atoms with Gasteiger partial charge < -0.3 is 15.5 Å². The molecule has 2 rings (SSSR count). The number of carbonyl (C=O) groups excluding carboxylic acids is 1. The van der Waals surface area contributed by atoms with Crippen LogP contribution < -0.4 is 10.6 Å². The van der Waals surface area contributed by atoms with Crippen LogP contribution in [0.3, 0.4) is 0 Å². The number of nitrogens with zero attached hydrogens (tertiary/aromatic N) is 1. The van der Waals surface area contributed by atoms with E-state index in [0.717, 1.165) is 30.5 Å². The van der Waals surface area contributed by atoms with Crippen molar-refractivity contribution in [1.82, 2.24) is 10.2 Å². The van der Waals surface area contributed by atoms with Gasteiger partial charge in [0, 0.05) is 32.4 Å². The summed E-state index contributed by atoms with van der Waals surface area (Å²) in [7, 11) is 1.62. The molecule has 0 spiro atoms. The summed E-state index contributed by atoms with van der Waals surface area (Å²) in [6.45, 7) is 8.20. The van der Waals surface area contributed by atoms with Gasteiger partial charge in [-0.25, -0.2) is 4.79 Å². The van der Waals surface area contributed by atoms with E-state index in [0.29, 0.717) is 0 Å². The Bertz CT molecular complexity index is 465. The molecule has 0 aromatic heterocycles. The Kier molecular flexibility index (Phi) is 5.62. The average Bonchev–Trinajstić information content (AvgIpc) is 2.44. The summed E-state index contributed by atoms with van der Waals surface area (Å²) in [4.78, 5) is 13.9. The SMILES string of the molecule is CNC(=O)Nc1cccc(CCN2CC(C)CC(C)C2)c1. The van der Waals surface area contributed by atoms with Gasteiger partial charge >= 0.3 is 6.03 Å². The lowest BCUT2D eigenvalue weighted by atomic mass is 9.91. The fourth-order valence-corrected chi connectivity index (χ4v) is 3.26. The minimum absolute atomic E-state index is 0.175. The van der Waals surface area contributed by atoms with Crippen LogP contribution in [0.1, 0.15) is 25.8 Å².